The summed E-state index contributed by atoms with van der Waals surface area (Å²) in [6, 6.07) is 0. The van der Waals surface area contributed by atoms with Gasteiger partial charge in [0.1, 0.15) is 5.60 Å². The van der Waals surface area contributed by atoms with E-state index < -0.39 is 23.2 Å². The maximum Gasteiger partial charge on any atom is 0.312 e. The van der Waals surface area contributed by atoms with Crippen LogP contribution in [0.1, 0.15) is 73.6 Å². The van der Waals surface area contributed by atoms with Crippen molar-refractivity contribution in [2.24, 2.45) is 29.1 Å². The van der Waals surface area contributed by atoms with Gasteiger partial charge in [0.15, 0.2) is 0 Å². The number of hydrogen-bond acceptors (Lipinski definition) is 4. The van der Waals surface area contributed by atoms with E-state index in [0.717, 1.165) is 25.7 Å². The summed E-state index contributed by atoms with van der Waals surface area (Å²) in [5, 5.41) is 20.7. The smallest absolute Gasteiger partial charge is 0.312 e. The van der Waals surface area contributed by atoms with Crippen LogP contribution in [0.2, 0.25) is 0 Å². The highest BCUT2D eigenvalue weighted by atomic mass is 16.6. The van der Waals surface area contributed by atoms with E-state index >= 15 is 0 Å². The molecule has 2 aliphatic carbocycles. The zero-order chi connectivity index (χ0) is 18.3. The molecule has 2 saturated carbocycles. The molecule has 0 aromatic rings. The van der Waals surface area contributed by atoms with Crippen molar-refractivity contribution in [2.75, 3.05) is 0 Å². The molecule has 0 aromatic heterocycles. The first-order chi connectivity index (χ1) is 11.0. The fraction of sp³-hybridized carbons (Fsp3) is 0.950. The molecular formula is C20H36O4. The summed E-state index contributed by atoms with van der Waals surface area (Å²) < 4.78 is 5.70. The molecule has 0 saturated heterocycles. The molecule has 0 bridgehead atoms. The van der Waals surface area contributed by atoms with E-state index in [4.69, 9.17) is 4.74 Å². The first-order valence-corrected chi connectivity index (χ1v) is 9.62. The minimum absolute atomic E-state index is 0.111. The van der Waals surface area contributed by atoms with Crippen LogP contribution in [-0.4, -0.2) is 34.0 Å². The van der Waals surface area contributed by atoms with Crippen LogP contribution in [0.25, 0.3) is 0 Å². The Morgan fingerprint density at radius 3 is 2.29 bits per heavy atom. The van der Waals surface area contributed by atoms with Gasteiger partial charge >= 0.3 is 5.97 Å². The van der Waals surface area contributed by atoms with Gasteiger partial charge in [-0.05, 0) is 70.6 Å². The van der Waals surface area contributed by atoms with Crippen molar-refractivity contribution in [3.8, 4) is 0 Å². The van der Waals surface area contributed by atoms with Gasteiger partial charge in [-0.2, -0.15) is 0 Å². The predicted octanol–water partition coefficient (Wildman–Crippen LogP) is 3.54. The molecule has 0 aromatic carbocycles. The third-order valence-electron chi connectivity index (χ3n) is 6.27. The van der Waals surface area contributed by atoms with Crippen LogP contribution in [-0.2, 0) is 9.53 Å². The normalized spacial score (nSPS) is 43.2. The standard InChI is InChI=1S/C20H36O4/c1-7-12-10-20(6,18(23)24-19(3,4)5)11-13-9-15(21)17(22)14(8-2)16(12)13/h12-17,21-22H,7-11H2,1-6H3. The molecule has 0 heterocycles. The van der Waals surface area contributed by atoms with E-state index in [2.05, 4.69) is 13.8 Å². The number of esters is 1. The van der Waals surface area contributed by atoms with E-state index in [1.54, 1.807) is 0 Å². The summed E-state index contributed by atoms with van der Waals surface area (Å²) in [6.45, 7) is 12.0. The lowest BCUT2D eigenvalue weighted by Gasteiger charge is -2.54. The second-order valence-electron chi connectivity index (χ2n) is 9.34. The molecular weight excluding hydrogens is 304 g/mol. The highest BCUT2D eigenvalue weighted by Gasteiger charge is 2.54. The SMILES string of the molecule is CCC1CC(C)(C(=O)OC(C)(C)C)CC2CC(O)C(O)C(CC)C12. The molecule has 0 aliphatic heterocycles. The van der Waals surface area contributed by atoms with Gasteiger partial charge in [0.2, 0.25) is 0 Å². The van der Waals surface area contributed by atoms with Crippen LogP contribution >= 0.6 is 0 Å². The van der Waals surface area contributed by atoms with E-state index in [0.29, 0.717) is 18.3 Å². The Morgan fingerprint density at radius 1 is 1.17 bits per heavy atom. The first-order valence-electron chi connectivity index (χ1n) is 9.62. The summed E-state index contributed by atoms with van der Waals surface area (Å²) in [6.07, 6.45) is 2.74. The number of hydrogen-bond donors (Lipinski definition) is 2. The van der Waals surface area contributed by atoms with Crippen LogP contribution in [0.15, 0.2) is 0 Å². The number of fused-ring (bicyclic) bond motifs is 1. The number of aliphatic hydroxyl groups excluding tert-OH is 2. The van der Waals surface area contributed by atoms with Crippen molar-refractivity contribution in [2.45, 2.75) is 91.5 Å². The van der Waals surface area contributed by atoms with E-state index in [1.165, 1.54) is 0 Å². The molecule has 2 rings (SSSR count). The maximum absolute atomic E-state index is 12.8. The molecule has 7 unspecified atom stereocenters. The Morgan fingerprint density at radius 2 is 1.79 bits per heavy atom. The molecule has 2 fully saturated rings. The highest BCUT2D eigenvalue weighted by Crippen LogP contribution is 2.55. The van der Waals surface area contributed by atoms with Gasteiger partial charge in [-0.15, -0.1) is 0 Å². The summed E-state index contributed by atoms with van der Waals surface area (Å²) in [7, 11) is 0. The molecule has 0 amide bonds. The van der Waals surface area contributed by atoms with E-state index in [1.807, 2.05) is 27.7 Å². The second kappa shape index (κ2) is 6.95. The number of rotatable bonds is 3. The van der Waals surface area contributed by atoms with E-state index in [9.17, 15) is 15.0 Å². The minimum atomic E-state index is -0.672. The Kier molecular flexibility index (Phi) is 5.71. The third-order valence-corrected chi connectivity index (χ3v) is 6.27. The molecule has 140 valence electrons. The lowest BCUT2D eigenvalue weighted by molar-refractivity contribution is -0.180. The van der Waals surface area contributed by atoms with Crippen molar-refractivity contribution in [1.82, 2.24) is 0 Å². The third kappa shape index (κ3) is 3.80. The summed E-state index contributed by atoms with van der Waals surface area (Å²) in [5.41, 5.74) is -0.970. The van der Waals surface area contributed by atoms with Gasteiger partial charge in [0.05, 0.1) is 17.6 Å². The summed E-state index contributed by atoms with van der Waals surface area (Å²) >= 11 is 0. The molecule has 4 heteroatoms. The molecule has 2 N–H and O–H groups in total. The molecule has 7 atom stereocenters. The van der Waals surface area contributed by atoms with Gasteiger partial charge in [-0.1, -0.05) is 26.7 Å². The van der Waals surface area contributed by atoms with Gasteiger partial charge < -0.3 is 14.9 Å². The number of aliphatic hydroxyl groups is 2. The van der Waals surface area contributed by atoms with Crippen molar-refractivity contribution >= 4 is 5.97 Å². The van der Waals surface area contributed by atoms with Crippen molar-refractivity contribution in [1.29, 1.82) is 0 Å². The number of carbonyl (C=O) groups is 1. The summed E-state index contributed by atoms with van der Waals surface area (Å²) in [5.74, 6) is 1.10. The Balaban J connectivity index is 2.26. The van der Waals surface area contributed by atoms with Crippen LogP contribution in [0.3, 0.4) is 0 Å². The van der Waals surface area contributed by atoms with Crippen LogP contribution in [0.4, 0.5) is 0 Å². The maximum atomic E-state index is 12.8. The van der Waals surface area contributed by atoms with Crippen LogP contribution in [0.5, 0.6) is 0 Å². The lowest BCUT2D eigenvalue weighted by Crippen LogP contribution is -2.54. The summed E-state index contributed by atoms with van der Waals surface area (Å²) in [4.78, 5) is 12.8. The fourth-order valence-corrected chi connectivity index (χ4v) is 5.30. The minimum Gasteiger partial charge on any atom is -0.460 e. The van der Waals surface area contributed by atoms with Crippen molar-refractivity contribution < 1.29 is 19.7 Å². The Bertz CT molecular complexity index is 455. The fourth-order valence-electron chi connectivity index (χ4n) is 5.30. The van der Waals surface area contributed by atoms with Gasteiger partial charge in [0.25, 0.3) is 0 Å². The second-order valence-corrected chi connectivity index (χ2v) is 9.34. The number of carbonyl (C=O) groups excluding carboxylic acids is 1. The molecule has 4 nitrogen and oxygen atoms in total. The van der Waals surface area contributed by atoms with Gasteiger partial charge in [0, 0.05) is 0 Å². The van der Waals surface area contributed by atoms with Crippen LogP contribution < -0.4 is 0 Å². The van der Waals surface area contributed by atoms with Crippen LogP contribution in [0, 0.1) is 29.1 Å². The molecule has 2 aliphatic rings. The predicted molar refractivity (Wildman–Crippen MR) is 94.4 cm³/mol. The monoisotopic (exact) mass is 340 g/mol. The van der Waals surface area contributed by atoms with Gasteiger partial charge in [-0.25, -0.2) is 0 Å². The molecule has 0 radical (unpaired) electrons. The molecule has 24 heavy (non-hydrogen) atoms. The number of ether oxygens (including phenoxy) is 1. The Hall–Kier alpha value is -0.610. The van der Waals surface area contributed by atoms with Gasteiger partial charge in [-0.3, -0.25) is 4.79 Å². The molecule has 0 spiro atoms. The highest BCUT2D eigenvalue weighted by molar-refractivity contribution is 5.77. The Labute approximate surface area is 147 Å². The topological polar surface area (TPSA) is 66.8 Å². The van der Waals surface area contributed by atoms with Crippen molar-refractivity contribution in [3.05, 3.63) is 0 Å². The largest absolute Gasteiger partial charge is 0.460 e. The van der Waals surface area contributed by atoms with E-state index in [-0.39, 0.29) is 17.8 Å². The lowest BCUT2D eigenvalue weighted by atomic mass is 9.52. The first kappa shape index (κ1) is 19.7. The average molecular weight is 341 g/mol. The zero-order valence-corrected chi connectivity index (χ0v) is 16.2. The quantitative estimate of drug-likeness (QED) is 0.771. The van der Waals surface area contributed by atoms with Crippen molar-refractivity contribution in [3.63, 3.8) is 0 Å². The zero-order valence-electron chi connectivity index (χ0n) is 16.2. The average Bonchev–Trinajstić information content (AvgIpc) is 2.46.